The quantitative estimate of drug-likeness (QED) is 0.252. The minimum Gasteiger partial charge on any atom is -0.508 e. The summed E-state index contributed by atoms with van der Waals surface area (Å²) in [6.45, 7) is 15.9. The van der Waals surface area contributed by atoms with Crippen molar-refractivity contribution in [2.24, 2.45) is 11.1 Å². The minimum absolute atomic E-state index is 0.0191. The SMILES string of the molecule is CCN(CC)C(=O)c1ccc(C(c2cccc(O)c2)n2nc(C)c(-c3ccccc3C(N)C(C)(C)C)c2C)cc1. The average Bonchev–Trinajstić information content (AvgIpc) is 3.21. The number of rotatable bonds is 8. The Kier molecular flexibility index (Phi) is 8.50. The molecule has 0 spiro atoms. The van der Waals surface area contributed by atoms with Gasteiger partial charge in [0.25, 0.3) is 5.91 Å². The first-order chi connectivity index (χ1) is 19.0. The molecule has 1 amide bonds. The van der Waals surface area contributed by atoms with E-state index in [9.17, 15) is 9.90 Å². The van der Waals surface area contributed by atoms with Crippen molar-refractivity contribution in [2.75, 3.05) is 13.1 Å². The Morgan fingerprint density at radius 3 is 2.20 bits per heavy atom. The van der Waals surface area contributed by atoms with Crippen LogP contribution < -0.4 is 5.73 Å². The summed E-state index contributed by atoms with van der Waals surface area (Å²) in [5.41, 5.74) is 14.3. The van der Waals surface area contributed by atoms with Crippen LogP contribution in [0.25, 0.3) is 11.1 Å². The van der Waals surface area contributed by atoms with E-state index in [1.54, 1.807) is 12.1 Å². The molecule has 4 aromatic rings. The maximum atomic E-state index is 13.0. The number of benzene rings is 3. The Morgan fingerprint density at radius 1 is 0.950 bits per heavy atom. The predicted octanol–water partition coefficient (Wildman–Crippen LogP) is 7.04. The van der Waals surface area contributed by atoms with Crippen molar-refractivity contribution in [3.8, 4) is 16.9 Å². The van der Waals surface area contributed by atoms with E-state index in [0.717, 1.165) is 39.2 Å². The molecule has 0 bridgehead atoms. The molecular weight excluding hydrogens is 496 g/mol. The van der Waals surface area contributed by atoms with Gasteiger partial charge in [-0.15, -0.1) is 0 Å². The lowest BCUT2D eigenvalue weighted by molar-refractivity contribution is 0.0773. The van der Waals surface area contributed by atoms with Gasteiger partial charge in [-0.2, -0.15) is 5.10 Å². The number of amides is 1. The molecule has 3 aromatic carbocycles. The number of aromatic nitrogens is 2. The summed E-state index contributed by atoms with van der Waals surface area (Å²) >= 11 is 0. The van der Waals surface area contributed by atoms with Crippen LogP contribution in [-0.4, -0.2) is 38.8 Å². The fourth-order valence-corrected chi connectivity index (χ4v) is 5.44. The van der Waals surface area contributed by atoms with Crippen molar-refractivity contribution in [3.63, 3.8) is 0 Å². The highest BCUT2D eigenvalue weighted by Crippen LogP contribution is 2.40. The van der Waals surface area contributed by atoms with Gasteiger partial charge in [0.15, 0.2) is 0 Å². The van der Waals surface area contributed by atoms with Crippen LogP contribution in [0.4, 0.5) is 0 Å². The lowest BCUT2D eigenvalue weighted by atomic mass is 9.80. The number of hydrogen-bond acceptors (Lipinski definition) is 4. The molecule has 3 N–H and O–H groups in total. The van der Waals surface area contributed by atoms with Crippen LogP contribution in [-0.2, 0) is 0 Å². The Labute approximate surface area is 238 Å². The molecule has 40 heavy (non-hydrogen) atoms. The number of nitrogens with zero attached hydrogens (tertiary/aromatic N) is 3. The molecule has 4 rings (SSSR count). The second kappa shape index (κ2) is 11.7. The number of hydrogen-bond donors (Lipinski definition) is 2. The smallest absolute Gasteiger partial charge is 0.253 e. The second-order valence-electron chi connectivity index (χ2n) is 11.5. The molecule has 1 aromatic heterocycles. The molecule has 0 radical (unpaired) electrons. The van der Waals surface area contributed by atoms with Gasteiger partial charge in [0.05, 0.1) is 5.69 Å². The van der Waals surface area contributed by atoms with Crippen molar-refractivity contribution < 1.29 is 9.90 Å². The summed E-state index contributed by atoms with van der Waals surface area (Å²) in [7, 11) is 0. The van der Waals surface area contributed by atoms with Crippen molar-refractivity contribution in [3.05, 3.63) is 106 Å². The summed E-state index contributed by atoms with van der Waals surface area (Å²) in [6, 6.07) is 22.9. The van der Waals surface area contributed by atoms with E-state index >= 15 is 0 Å². The number of carbonyl (C=O) groups excluding carboxylic acids is 1. The molecule has 6 nitrogen and oxygen atoms in total. The summed E-state index contributed by atoms with van der Waals surface area (Å²) in [5, 5.41) is 15.4. The van der Waals surface area contributed by atoms with E-state index in [2.05, 4.69) is 39.8 Å². The molecule has 210 valence electrons. The third-order valence-electron chi connectivity index (χ3n) is 7.78. The maximum absolute atomic E-state index is 13.0. The largest absolute Gasteiger partial charge is 0.508 e. The van der Waals surface area contributed by atoms with Crippen LogP contribution in [0.2, 0.25) is 0 Å². The Balaban J connectivity index is 1.87. The topological polar surface area (TPSA) is 84.4 Å². The standard InChI is InChI=1S/C34H42N4O2/c1-8-37(9-2)33(40)25-19-17-24(18-20-25)31(26-13-12-14-27(39)21-26)38-23(4)30(22(3)36-38)28-15-10-11-16-29(28)32(35)34(5,6)7/h10-21,31-32,39H,8-9,35H2,1-7H3. The molecule has 0 aliphatic rings. The summed E-state index contributed by atoms with van der Waals surface area (Å²) in [5.74, 6) is 0.213. The average molecular weight is 539 g/mol. The highest BCUT2D eigenvalue weighted by Gasteiger charge is 2.28. The molecule has 0 aliphatic carbocycles. The van der Waals surface area contributed by atoms with Crippen LogP contribution in [0.15, 0.2) is 72.8 Å². The van der Waals surface area contributed by atoms with Gasteiger partial charge in [-0.1, -0.05) is 69.3 Å². The van der Waals surface area contributed by atoms with Crippen LogP contribution >= 0.6 is 0 Å². The predicted molar refractivity (Wildman–Crippen MR) is 163 cm³/mol. The van der Waals surface area contributed by atoms with E-state index in [-0.39, 0.29) is 29.2 Å². The zero-order valence-electron chi connectivity index (χ0n) is 24.8. The molecule has 0 saturated heterocycles. The van der Waals surface area contributed by atoms with Crippen molar-refractivity contribution in [1.82, 2.24) is 14.7 Å². The molecule has 0 saturated carbocycles. The summed E-state index contributed by atoms with van der Waals surface area (Å²) < 4.78 is 2.03. The lowest BCUT2D eigenvalue weighted by Crippen LogP contribution is -2.30. The normalized spacial score (nSPS) is 13.2. The van der Waals surface area contributed by atoms with E-state index in [4.69, 9.17) is 10.8 Å². The van der Waals surface area contributed by atoms with E-state index < -0.39 is 0 Å². The van der Waals surface area contributed by atoms with E-state index in [1.165, 1.54) is 0 Å². The van der Waals surface area contributed by atoms with Gasteiger partial charge in [-0.25, -0.2) is 0 Å². The van der Waals surface area contributed by atoms with Crippen LogP contribution in [0, 0.1) is 19.3 Å². The fraction of sp³-hybridized carbons (Fsp3) is 0.353. The van der Waals surface area contributed by atoms with Crippen molar-refractivity contribution in [1.29, 1.82) is 0 Å². The van der Waals surface area contributed by atoms with Crippen molar-refractivity contribution >= 4 is 5.91 Å². The highest BCUT2D eigenvalue weighted by molar-refractivity contribution is 5.94. The molecule has 2 unspecified atom stereocenters. The first-order valence-corrected chi connectivity index (χ1v) is 14.1. The molecule has 2 atom stereocenters. The summed E-state index contributed by atoms with van der Waals surface area (Å²) in [4.78, 5) is 14.8. The third-order valence-corrected chi connectivity index (χ3v) is 7.78. The Morgan fingerprint density at radius 2 is 1.60 bits per heavy atom. The van der Waals surface area contributed by atoms with E-state index in [1.807, 2.05) is 78.9 Å². The fourth-order valence-electron chi connectivity index (χ4n) is 5.44. The van der Waals surface area contributed by atoms with Gasteiger partial charge in [-0.05, 0) is 79.6 Å². The van der Waals surface area contributed by atoms with Crippen LogP contribution in [0.1, 0.15) is 85.1 Å². The minimum atomic E-state index is -0.305. The van der Waals surface area contributed by atoms with Crippen LogP contribution in [0.5, 0.6) is 5.75 Å². The lowest BCUT2D eigenvalue weighted by Gasteiger charge is -2.29. The van der Waals surface area contributed by atoms with Crippen LogP contribution in [0.3, 0.4) is 0 Å². The first kappa shape index (κ1) is 29.1. The van der Waals surface area contributed by atoms with Gasteiger partial charge in [0.2, 0.25) is 0 Å². The van der Waals surface area contributed by atoms with Gasteiger partial charge >= 0.3 is 0 Å². The second-order valence-corrected chi connectivity index (χ2v) is 11.5. The maximum Gasteiger partial charge on any atom is 0.253 e. The zero-order chi connectivity index (χ0) is 29.2. The van der Waals surface area contributed by atoms with Crippen molar-refractivity contribution in [2.45, 2.75) is 60.5 Å². The Bertz CT molecular complexity index is 1480. The zero-order valence-corrected chi connectivity index (χ0v) is 24.8. The number of phenolic OH excluding ortho intramolecular Hbond substituents is 1. The molecule has 0 aliphatic heterocycles. The monoisotopic (exact) mass is 538 g/mol. The number of nitrogens with two attached hydrogens (primary N) is 1. The van der Waals surface area contributed by atoms with Gasteiger partial charge in [0, 0.05) is 36.0 Å². The summed E-state index contributed by atoms with van der Waals surface area (Å²) in [6.07, 6.45) is 0. The molecule has 6 heteroatoms. The van der Waals surface area contributed by atoms with Gasteiger partial charge in [-0.3, -0.25) is 9.48 Å². The van der Waals surface area contributed by atoms with Gasteiger partial charge in [0.1, 0.15) is 11.8 Å². The molecule has 0 fully saturated rings. The molecular formula is C34H42N4O2. The Hall–Kier alpha value is -3.90. The van der Waals surface area contributed by atoms with E-state index in [0.29, 0.717) is 18.7 Å². The number of aromatic hydroxyl groups is 1. The third kappa shape index (κ3) is 5.68. The number of phenols is 1. The number of aryl methyl sites for hydroxylation is 1. The first-order valence-electron chi connectivity index (χ1n) is 14.1. The van der Waals surface area contributed by atoms with Gasteiger partial charge < -0.3 is 15.7 Å². The molecule has 1 heterocycles. The number of carbonyl (C=O) groups is 1. The highest BCUT2D eigenvalue weighted by atomic mass is 16.3.